The van der Waals surface area contributed by atoms with Gasteiger partial charge in [-0.15, -0.1) is 0 Å². The summed E-state index contributed by atoms with van der Waals surface area (Å²) < 4.78 is 5.35. The van der Waals surface area contributed by atoms with Gasteiger partial charge in [-0.1, -0.05) is 149 Å². The van der Waals surface area contributed by atoms with Crippen LogP contribution in [0.1, 0.15) is 107 Å². The van der Waals surface area contributed by atoms with Crippen molar-refractivity contribution in [1.82, 2.24) is 10.8 Å². The van der Waals surface area contributed by atoms with Gasteiger partial charge in [0.1, 0.15) is 12.6 Å². The van der Waals surface area contributed by atoms with Crippen LogP contribution < -0.4 is 10.8 Å². The number of nitrogens with one attached hydrogen (secondary N) is 2. The van der Waals surface area contributed by atoms with Gasteiger partial charge >= 0.3 is 5.97 Å². The molecule has 46 heavy (non-hydrogen) atoms. The molecule has 0 bridgehead atoms. The molecule has 0 aromatic heterocycles. The number of carbonyl (C=O) groups is 3. The third-order valence-corrected chi connectivity index (χ3v) is 8.00. The zero-order valence-corrected chi connectivity index (χ0v) is 27.3. The Balaban J connectivity index is 1.26. The third-order valence-electron chi connectivity index (χ3n) is 8.00. The van der Waals surface area contributed by atoms with E-state index < -0.39 is 17.9 Å². The molecule has 0 radical (unpaired) electrons. The summed E-state index contributed by atoms with van der Waals surface area (Å²) >= 11 is 0. The van der Waals surface area contributed by atoms with Gasteiger partial charge in [0.2, 0.25) is 5.91 Å². The first-order valence-electron chi connectivity index (χ1n) is 17.1. The summed E-state index contributed by atoms with van der Waals surface area (Å²) in [6, 6.07) is 28.7. The lowest BCUT2D eigenvalue weighted by Crippen LogP contribution is -2.46. The van der Waals surface area contributed by atoms with Gasteiger partial charge < -0.3 is 10.1 Å². The van der Waals surface area contributed by atoms with Crippen molar-refractivity contribution in [2.45, 2.75) is 116 Å². The zero-order chi connectivity index (χ0) is 32.5. The van der Waals surface area contributed by atoms with E-state index in [9.17, 15) is 14.4 Å². The molecule has 7 nitrogen and oxygen atoms in total. The SMILES string of the molecule is O=C(CCCCCCCCCCCCCc1ccccc1)N[C@H](CCC(=O)OCc1ccccc1)C(=O)NOCc1ccccc1. The minimum Gasteiger partial charge on any atom is -0.461 e. The molecule has 2 amide bonds. The summed E-state index contributed by atoms with van der Waals surface area (Å²) in [4.78, 5) is 43.4. The second kappa shape index (κ2) is 23.4. The first kappa shape index (κ1) is 36.5. The molecule has 1 atom stereocenters. The van der Waals surface area contributed by atoms with Crippen molar-refractivity contribution in [1.29, 1.82) is 0 Å². The monoisotopic (exact) mass is 628 g/mol. The molecular weight excluding hydrogens is 576 g/mol. The van der Waals surface area contributed by atoms with E-state index in [0.717, 1.165) is 30.4 Å². The van der Waals surface area contributed by atoms with Crippen molar-refractivity contribution in [3.05, 3.63) is 108 Å². The second-order valence-corrected chi connectivity index (χ2v) is 11.9. The molecule has 3 aromatic carbocycles. The molecule has 3 rings (SSSR count). The van der Waals surface area contributed by atoms with Crippen LogP contribution in [0.5, 0.6) is 0 Å². The largest absolute Gasteiger partial charge is 0.461 e. The van der Waals surface area contributed by atoms with Crippen LogP contribution in [0.15, 0.2) is 91.0 Å². The van der Waals surface area contributed by atoms with E-state index in [4.69, 9.17) is 9.57 Å². The van der Waals surface area contributed by atoms with Crippen LogP contribution in [0.25, 0.3) is 0 Å². The van der Waals surface area contributed by atoms with E-state index in [-0.39, 0.29) is 32.0 Å². The Morgan fingerprint density at radius 3 is 1.59 bits per heavy atom. The number of hydrogen-bond acceptors (Lipinski definition) is 5. The molecule has 248 valence electrons. The van der Waals surface area contributed by atoms with Crippen molar-refractivity contribution < 1.29 is 24.0 Å². The lowest BCUT2D eigenvalue weighted by Gasteiger charge is -2.18. The maximum absolute atomic E-state index is 12.9. The van der Waals surface area contributed by atoms with Crippen LogP contribution in [0.4, 0.5) is 0 Å². The summed E-state index contributed by atoms with van der Waals surface area (Å²) in [6.07, 6.45) is 14.7. The average Bonchev–Trinajstić information content (AvgIpc) is 3.09. The van der Waals surface area contributed by atoms with Crippen LogP contribution >= 0.6 is 0 Å². The van der Waals surface area contributed by atoms with Crippen LogP contribution in [0.2, 0.25) is 0 Å². The van der Waals surface area contributed by atoms with Crippen LogP contribution in [-0.4, -0.2) is 23.8 Å². The number of ether oxygens (including phenoxy) is 1. The maximum Gasteiger partial charge on any atom is 0.306 e. The number of benzene rings is 3. The van der Waals surface area contributed by atoms with Gasteiger partial charge in [0.05, 0.1) is 6.61 Å². The molecule has 0 aliphatic rings. The quantitative estimate of drug-likeness (QED) is 0.0593. The topological polar surface area (TPSA) is 93.7 Å². The number of esters is 1. The number of aryl methyl sites for hydroxylation is 1. The molecule has 0 spiro atoms. The van der Waals surface area contributed by atoms with E-state index in [1.54, 1.807) is 0 Å². The molecule has 0 heterocycles. The lowest BCUT2D eigenvalue weighted by atomic mass is 10.0. The van der Waals surface area contributed by atoms with Gasteiger partial charge in [0, 0.05) is 12.8 Å². The van der Waals surface area contributed by atoms with Crippen molar-refractivity contribution in [3.63, 3.8) is 0 Å². The molecule has 0 aliphatic carbocycles. The summed E-state index contributed by atoms with van der Waals surface area (Å²) in [5.41, 5.74) is 5.66. The summed E-state index contributed by atoms with van der Waals surface area (Å²) in [5, 5.41) is 2.80. The Morgan fingerprint density at radius 2 is 1.02 bits per heavy atom. The van der Waals surface area contributed by atoms with E-state index in [0.29, 0.717) is 6.42 Å². The Morgan fingerprint density at radius 1 is 0.543 bits per heavy atom. The average molecular weight is 629 g/mol. The van der Waals surface area contributed by atoms with E-state index >= 15 is 0 Å². The van der Waals surface area contributed by atoms with E-state index in [1.165, 1.54) is 63.4 Å². The minimum absolute atomic E-state index is 0.00241. The van der Waals surface area contributed by atoms with E-state index in [1.807, 2.05) is 60.7 Å². The van der Waals surface area contributed by atoms with Crippen molar-refractivity contribution in [2.75, 3.05) is 0 Å². The lowest BCUT2D eigenvalue weighted by molar-refractivity contribution is -0.146. The number of hydroxylamine groups is 1. The predicted molar refractivity (Wildman–Crippen MR) is 182 cm³/mol. The van der Waals surface area contributed by atoms with Gasteiger partial charge in [0.15, 0.2) is 0 Å². The van der Waals surface area contributed by atoms with Crippen molar-refractivity contribution >= 4 is 17.8 Å². The Bertz CT molecular complexity index is 1240. The highest BCUT2D eigenvalue weighted by Gasteiger charge is 2.22. The van der Waals surface area contributed by atoms with Gasteiger partial charge in [-0.05, 0) is 42.4 Å². The number of unbranched alkanes of at least 4 members (excludes halogenated alkanes) is 10. The molecule has 7 heteroatoms. The van der Waals surface area contributed by atoms with Crippen LogP contribution in [-0.2, 0) is 43.6 Å². The molecule has 0 fully saturated rings. The van der Waals surface area contributed by atoms with Crippen LogP contribution in [0.3, 0.4) is 0 Å². The highest BCUT2D eigenvalue weighted by molar-refractivity contribution is 5.87. The molecule has 0 aliphatic heterocycles. The fourth-order valence-corrected chi connectivity index (χ4v) is 5.29. The third kappa shape index (κ3) is 16.9. The smallest absolute Gasteiger partial charge is 0.306 e. The molecule has 0 unspecified atom stereocenters. The van der Waals surface area contributed by atoms with Gasteiger partial charge in [-0.2, -0.15) is 0 Å². The summed E-state index contributed by atoms with van der Waals surface area (Å²) in [5.74, 6) is -1.12. The van der Waals surface area contributed by atoms with Crippen LogP contribution in [0, 0.1) is 0 Å². The van der Waals surface area contributed by atoms with E-state index in [2.05, 4.69) is 41.1 Å². The normalized spacial score (nSPS) is 11.5. The van der Waals surface area contributed by atoms with Crippen molar-refractivity contribution in [2.24, 2.45) is 0 Å². The highest BCUT2D eigenvalue weighted by Crippen LogP contribution is 2.14. The Kier molecular flexibility index (Phi) is 18.5. The number of hydrogen-bond donors (Lipinski definition) is 2. The Labute approximate surface area is 275 Å². The highest BCUT2D eigenvalue weighted by atomic mass is 16.6. The number of carbonyl (C=O) groups excluding carboxylic acids is 3. The molecule has 2 N–H and O–H groups in total. The summed E-state index contributed by atoms with van der Waals surface area (Å²) in [6.45, 7) is 0.361. The van der Waals surface area contributed by atoms with Crippen molar-refractivity contribution in [3.8, 4) is 0 Å². The fraction of sp³-hybridized carbons (Fsp3) is 0.462. The molecular formula is C39H52N2O5. The van der Waals surface area contributed by atoms with Gasteiger partial charge in [-0.3, -0.25) is 19.2 Å². The standard InChI is InChI=1S/C39H52N2O5/c42-37(28-20-9-7-5-3-1-2-4-6-8-13-21-33-22-14-10-15-23-33)40-36(39(44)41-46-32-35-26-18-12-19-27-35)29-30-38(43)45-31-34-24-16-11-17-25-34/h10-12,14-19,22-27,36H,1-9,13,20-21,28-32H2,(H,40,42)(H,41,44)/t36-/m1/s1. The van der Waals surface area contributed by atoms with Gasteiger partial charge in [0.25, 0.3) is 5.91 Å². The number of amides is 2. The first-order valence-corrected chi connectivity index (χ1v) is 17.1. The fourth-order valence-electron chi connectivity index (χ4n) is 5.29. The molecule has 0 saturated carbocycles. The molecule has 3 aromatic rings. The molecule has 0 saturated heterocycles. The minimum atomic E-state index is -0.897. The zero-order valence-electron chi connectivity index (χ0n) is 27.3. The number of rotatable bonds is 24. The summed E-state index contributed by atoms with van der Waals surface area (Å²) in [7, 11) is 0. The van der Waals surface area contributed by atoms with Gasteiger partial charge in [-0.25, -0.2) is 5.48 Å². The maximum atomic E-state index is 12.9. The second-order valence-electron chi connectivity index (χ2n) is 11.9. The first-order chi connectivity index (χ1) is 22.6. The predicted octanol–water partition coefficient (Wildman–Crippen LogP) is 8.17. The Hall–Kier alpha value is -3.97.